The molecule has 0 aliphatic heterocycles. The second-order valence-corrected chi connectivity index (χ2v) is 2.31. The first-order valence-electron chi connectivity index (χ1n) is 4.69. The summed E-state index contributed by atoms with van der Waals surface area (Å²) in [5.74, 6) is 0. The summed E-state index contributed by atoms with van der Waals surface area (Å²) in [4.78, 5) is 18.7. The Kier molecular flexibility index (Phi) is 37.6. The predicted molar refractivity (Wildman–Crippen MR) is 64.7 cm³/mol. The maximum absolute atomic E-state index is 9.64. The third kappa shape index (κ3) is 67.1. The molecule has 0 radical (unpaired) electrons. The van der Waals surface area contributed by atoms with E-state index in [4.69, 9.17) is 4.79 Å². The Hall–Kier alpha value is -1.42. The van der Waals surface area contributed by atoms with Crippen LogP contribution in [0.2, 0.25) is 0 Å². The molecule has 0 rings (SSSR count). The topological polar surface area (TPSA) is 58.2 Å². The van der Waals surface area contributed by atoms with Gasteiger partial charge in [0.05, 0.1) is 0 Å². The molecule has 88 valence electrons. The summed E-state index contributed by atoms with van der Waals surface area (Å²) in [7, 11) is 1.89. The lowest BCUT2D eigenvalue weighted by molar-refractivity contribution is -0.109. The summed E-state index contributed by atoms with van der Waals surface area (Å²) < 4.78 is 0. The van der Waals surface area contributed by atoms with Gasteiger partial charge in [-0.1, -0.05) is 12.7 Å². The van der Waals surface area contributed by atoms with Gasteiger partial charge in [-0.25, -0.2) is 0 Å². The van der Waals surface area contributed by atoms with Crippen LogP contribution in [-0.2, 0) is 9.59 Å². The minimum absolute atomic E-state index is 0.639. The van der Waals surface area contributed by atoms with Gasteiger partial charge < -0.3 is 10.6 Å². The summed E-state index contributed by atoms with van der Waals surface area (Å²) in [6.45, 7) is 10.1. The van der Waals surface area contributed by atoms with E-state index in [0.29, 0.717) is 6.29 Å². The van der Waals surface area contributed by atoms with Crippen LogP contribution in [0, 0.1) is 0 Å². The average molecular weight is 214 g/mol. The van der Waals surface area contributed by atoms with E-state index >= 15 is 0 Å². The molecular formula is C11H22N2O2. The lowest BCUT2D eigenvalue weighted by Crippen LogP contribution is -2.17. The van der Waals surface area contributed by atoms with Gasteiger partial charge in [-0.15, -0.1) is 6.58 Å². The highest BCUT2D eigenvalue weighted by molar-refractivity contribution is 5.63. The van der Waals surface area contributed by atoms with Crippen molar-refractivity contribution in [2.45, 2.75) is 13.3 Å². The summed E-state index contributed by atoms with van der Waals surface area (Å²) in [5, 5.41) is 5.53. The monoisotopic (exact) mass is 214 g/mol. The third-order valence-electron chi connectivity index (χ3n) is 0.927. The van der Waals surface area contributed by atoms with E-state index in [1.807, 2.05) is 14.0 Å². The van der Waals surface area contributed by atoms with Crippen molar-refractivity contribution in [2.75, 3.05) is 20.1 Å². The number of amides is 1. The third-order valence-corrected chi connectivity index (χ3v) is 0.927. The summed E-state index contributed by atoms with van der Waals surface area (Å²) in [6, 6.07) is 0. The van der Waals surface area contributed by atoms with Gasteiger partial charge in [-0.05, 0) is 33.0 Å². The molecule has 0 spiro atoms. The number of carbonyl (C=O) groups is 2. The molecule has 0 heterocycles. The zero-order valence-electron chi connectivity index (χ0n) is 9.66. The van der Waals surface area contributed by atoms with Crippen molar-refractivity contribution in [3.8, 4) is 0 Å². The van der Waals surface area contributed by atoms with E-state index in [-0.39, 0.29) is 0 Å². The number of allylic oxidation sites excluding steroid dienone is 2. The average Bonchev–Trinajstić information content (AvgIpc) is 2.26. The van der Waals surface area contributed by atoms with Crippen LogP contribution in [-0.4, -0.2) is 32.8 Å². The van der Waals surface area contributed by atoms with E-state index in [1.165, 1.54) is 6.08 Å². The van der Waals surface area contributed by atoms with Gasteiger partial charge in [0, 0.05) is 6.54 Å². The molecule has 2 N–H and O–H groups in total. The van der Waals surface area contributed by atoms with E-state index in [2.05, 4.69) is 23.8 Å². The van der Waals surface area contributed by atoms with Gasteiger partial charge in [0.1, 0.15) is 6.29 Å². The summed E-state index contributed by atoms with van der Waals surface area (Å²) >= 11 is 0. The Morgan fingerprint density at radius 3 is 1.93 bits per heavy atom. The Morgan fingerprint density at radius 2 is 1.67 bits per heavy atom. The number of rotatable bonds is 6. The molecule has 4 heteroatoms. The summed E-state index contributed by atoms with van der Waals surface area (Å²) in [5.41, 5.74) is 0. The second-order valence-electron chi connectivity index (χ2n) is 2.31. The molecular weight excluding hydrogens is 192 g/mol. The highest BCUT2D eigenvalue weighted by Crippen LogP contribution is 1.67. The Labute approximate surface area is 92.4 Å². The largest absolute Gasteiger partial charge is 0.359 e. The minimum Gasteiger partial charge on any atom is -0.359 e. The molecule has 0 aliphatic rings. The van der Waals surface area contributed by atoms with Gasteiger partial charge in [-0.2, -0.15) is 0 Å². The molecule has 0 saturated heterocycles. The van der Waals surface area contributed by atoms with Crippen LogP contribution in [0.1, 0.15) is 13.3 Å². The van der Waals surface area contributed by atoms with Crippen LogP contribution in [0.4, 0.5) is 0 Å². The fourth-order valence-corrected chi connectivity index (χ4v) is 0.426. The van der Waals surface area contributed by atoms with Gasteiger partial charge in [-0.3, -0.25) is 9.59 Å². The van der Waals surface area contributed by atoms with Crippen molar-refractivity contribution >= 4 is 12.7 Å². The van der Waals surface area contributed by atoms with Crippen LogP contribution in [0.3, 0.4) is 0 Å². The van der Waals surface area contributed by atoms with Crippen LogP contribution in [0.15, 0.2) is 25.3 Å². The SMILES string of the molecule is C=CC.C=CC=O.CNCCCNC=O. The van der Waals surface area contributed by atoms with Crippen LogP contribution in [0.5, 0.6) is 0 Å². The second kappa shape index (κ2) is 29.4. The number of nitrogens with one attached hydrogen (secondary N) is 2. The standard InChI is InChI=1S/C5H12N2O.C3H4O.C3H6/c1-6-3-2-4-7-5-8;1-2-3-4;1-3-2/h5-6H,2-4H2,1H3,(H,7,8);2-3H,1H2;3H,1H2,2H3. The minimum atomic E-state index is 0.639. The Balaban J connectivity index is -0.000000173. The van der Waals surface area contributed by atoms with Crippen molar-refractivity contribution in [3.63, 3.8) is 0 Å². The molecule has 0 unspecified atom stereocenters. The first-order chi connectivity index (χ1) is 7.24. The molecule has 0 fully saturated rings. The van der Waals surface area contributed by atoms with Gasteiger partial charge >= 0.3 is 0 Å². The maximum Gasteiger partial charge on any atom is 0.207 e. The predicted octanol–water partition coefficient (Wildman–Crippen LogP) is 0.905. The fourth-order valence-electron chi connectivity index (χ4n) is 0.426. The molecule has 1 amide bonds. The number of carbonyl (C=O) groups excluding carboxylic acids is 2. The highest BCUT2D eigenvalue weighted by atomic mass is 16.1. The molecule has 0 bridgehead atoms. The smallest absolute Gasteiger partial charge is 0.207 e. The van der Waals surface area contributed by atoms with Crippen molar-refractivity contribution < 1.29 is 9.59 Å². The molecule has 0 aliphatic carbocycles. The lowest BCUT2D eigenvalue weighted by Gasteiger charge is -1.95. The Morgan fingerprint density at radius 1 is 1.20 bits per heavy atom. The molecule has 0 atom stereocenters. The number of hydrogen-bond acceptors (Lipinski definition) is 3. The van der Waals surface area contributed by atoms with Crippen molar-refractivity contribution in [2.24, 2.45) is 0 Å². The highest BCUT2D eigenvalue weighted by Gasteiger charge is 1.79. The van der Waals surface area contributed by atoms with Gasteiger partial charge in [0.15, 0.2) is 0 Å². The van der Waals surface area contributed by atoms with Gasteiger partial charge in [0.2, 0.25) is 6.41 Å². The molecule has 4 nitrogen and oxygen atoms in total. The number of hydrogen-bond donors (Lipinski definition) is 2. The van der Waals surface area contributed by atoms with E-state index in [1.54, 1.807) is 6.08 Å². The maximum atomic E-state index is 9.64. The molecule has 0 aromatic rings. The first kappa shape index (κ1) is 19.2. The van der Waals surface area contributed by atoms with Crippen molar-refractivity contribution in [1.82, 2.24) is 10.6 Å². The van der Waals surface area contributed by atoms with E-state index in [9.17, 15) is 4.79 Å². The first-order valence-corrected chi connectivity index (χ1v) is 4.69. The number of aldehydes is 1. The van der Waals surface area contributed by atoms with Crippen molar-refractivity contribution in [1.29, 1.82) is 0 Å². The van der Waals surface area contributed by atoms with Crippen LogP contribution < -0.4 is 10.6 Å². The molecule has 0 aromatic carbocycles. The van der Waals surface area contributed by atoms with Crippen molar-refractivity contribution in [3.05, 3.63) is 25.3 Å². The zero-order valence-corrected chi connectivity index (χ0v) is 9.66. The quantitative estimate of drug-likeness (QED) is 0.299. The molecule has 0 aromatic heterocycles. The van der Waals surface area contributed by atoms with Crippen LogP contribution >= 0.6 is 0 Å². The molecule has 15 heavy (non-hydrogen) atoms. The van der Waals surface area contributed by atoms with E-state index in [0.717, 1.165) is 25.9 Å². The van der Waals surface area contributed by atoms with Crippen LogP contribution in [0.25, 0.3) is 0 Å². The normalized spacial score (nSPS) is 6.80. The lowest BCUT2D eigenvalue weighted by atomic mass is 10.4. The fraction of sp³-hybridized carbons (Fsp3) is 0.455. The van der Waals surface area contributed by atoms with E-state index < -0.39 is 0 Å². The Bertz CT molecular complexity index is 142. The summed E-state index contributed by atoms with van der Waals surface area (Å²) in [6.07, 6.45) is 5.30. The zero-order chi connectivity index (χ0) is 12.4. The van der Waals surface area contributed by atoms with Gasteiger partial charge in [0.25, 0.3) is 0 Å². The molecule has 0 saturated carbocycles.